The summed E-state index contributed by atoms with van der Waals surface area (Å²) in [6.45, 7) is 1.47. The molecule has 0 spiro atoms. The van der Waals surface area contributed by atoms with Crippen molar-refractivity contribution >= 4 is 42.2 Å². The van der Waals surface area contributed by atoms with Gasteiger partial charge in [0.05, 0.1) is 6.26 Å². The molecule has 1 aliphatic heterocycles. The number of nitrogens with zero attached hydrogens (tertiary/aromatic N) is 3. The molecule has 1 saturated heterocycles. The van der Waals surface area contributed by atoms with Crippen LogP contribution in [-0.2, 0) is 19.9 Å². The lowest BCUT2D eigenvalue weighted by atomic mass is 10.4. The zero-order chi connectivity index (χ0) is 15.1. The highest BCUT2D eigenvalue weighted by Crippen LogP contribution is 2.35. The highest BCUT2D eigenvalue weighted by atomic mass is 32.2. The monoisotopic (exact) mass is 340 g/mol. The highest BCUT2D eigenvalue weighted by molar-refractivity contribution is 7.91. The van der Waals surface area contributed by atoms with Crippen LogP contribution in [0.25, 0.3) is 0 Å². The van der Waals surface area contributed by atoms with Crippen LogP contribution < -0.4 is 10.6 Å². The van der Waals surface area contributed by atoms with Crippen LogP contribution in [0.1, 0.15) is 0 Å². The summed E-state index contributed by atoms with van der Waals surface area (Å²) in [5, 5.41) is 0.484. The molecular formula is C9H16N4O4S3. The van der Waals surface area contributed by atoms with Crippen molar-refractivity contribution in [3.05, 3.63) is 0 Å². The summed E-state index contributed by atoms with van der Waals surface area (Å²) < 4.78 is 51.7. The van der Waals surface area contributed by atoms with Crippen molar-refractivity contribution in [3.8, 4) is 0 Å². The highest BCUT2D eigenvalue weighted by Gasteiger charge is 2.29. The fourth-order valence-electron chi connectivity index (χ4n) is 2.06. The van der Waals surface area contributed by atoms with E-state index in [-0.39, 0.29) is 10.7 Å². The van der Waals surface area contributed by atoms with Gasteiger partial charge in [-0.05, 0) is 11.5 Å². The number of aromatic nitrogens is 1. The number of nitrogens with two attached hydrogens (primary N) is 1. The lowest BCUT2D eigenvalue weighted by Gasteiger charge is -2.33. The van der Waals surface area contributed by atoms with E-state index in [9.17, 15) is 16.8 Å². The molecule has 1 fully saturated rings. The van der Waals surface area contributed by atoms with Crippen LogP contribution in [0.4, 0.5) is 10.8 Å². The van der Waals surface area contributed by atoms with Crippen LogP contribution in [0.15, 0.2) is 4.90 Å². The molecule has 11 heteroatoms. The fourth-order valence-corrected chi connectivity index (χ4v) is 5.14. The first-order valence-electron chi connectivity index (χ1n) is 5.76. The van der Waals surface area contributed by atoms with Gasteiger partial charge >= 0.3 is 0 Å². The third-order valence-corrected chi connectivity index (χ3v) is 6.52. The van der Waals surface area contributed by atoms with E-state index < -0.39 is 19.9 Å². The van der Waals surface area contributed by atoms with E-state index in [0.29, 0.717) is 31.2 Å². The summed E-state index contributed by atoms with van der Waals surface area (Å²) in [7, 11) is -6.68. The molecule has 0 aliphatic carbocycles. The molecule has 0 amide bonds. The quantitative estimate of drug-likeness (QED) is 0.767. The Balaban J connectivity index is 2.25. The van der Waals surface area contributed by atoms with Gasteiger partial charge in [0.2, 0.25) is 10.0 Å². The second-order valence-corrected chi connectivity index (χ2v) is 9.31. The Hall–Kier alpha value is -0.910. The smallest absolute Gasteiger partial charge is 0.211 e. The molecule has 2 rings (SSSR count). The fraction of sp³-hybridized carbons (Fsp3) is 0.667. The Morgan fingerprint density at radius 3 is 2.10 bits per heavy atom. The van der Waals surface area contributed by atoms with Gasteiger partial charge in [0.25, 0.3) is 0 Å². The summed E-state index contributed by atoms with van der Waals surface area (Å²) in [6, 6.07) is 0. The van der Waals surface area contributed by atoms with Crippen molar-refractivity contribution in [2.45, 2.75) is 4.90 Å². The molecule has 0 bridgehead atoms. The molecule has 1 aromatic rings. The number of hydrogen-bond acceptors (Lipinski definition) is 8. The Labute approximate surface area is 122 Å². The van der Waals surface area contributed by atoms with Gasteiger partial charge in [-0.1, -0.05) is 0 Å². The maximum atomic E-state index is 11.8. The van der Waals surface area contributed by atoms with Crippen LogP contribution in [0.5, 0.6) is 0 Å². The van der Waals surface area contributed by atoms with Crippen LogP contribution in [0.3, 0.4) is 0 Å². The summed E-state index contributed by atoms with van der Waals surface area (Å²) >= 11 is 1.02. The minimum Gasteiger partial charge on any atom is -0.382 e. The second-order valence-electron chi connectivity index (χ2n) is 4.62. The molecular weight excluding hydrogens is 324 g/mol. The molecule has 0 atom stereocenters. The van der Waals surface area contributed by atoms with Gasteiger partial charge in [-0.15, -0.1) is 0 Å². The zero-order valence-corrected chi connectivity index (χ0v) is 13.6. The van der Waals surface area contributed by atoms with Gasteiger partial charge in [0.15, 0.2) is 15.7 Å². The molecule has 0 unspecified atom stereocenters. The summed E-state index contributed by atoms with van der Waals surface area (Å²) in [4.78, 5) is 1.85. The maximum Gasteiger partial charge on any atom is 0.211 e. The van der Waals surface area contributed by atoms with Gasteiger partial charge in [0.1, 0.15) is 9.90 Å². The number of piperazine rings is 1. The number of sulfonamides is 1. The average molecular weight is 340 g/mol. The number of sulfone groups is 1. The number of anilines is 2. The largest absolute Gasteiger partial charge is 0.382 e. The van der Waals surface area contributed by atoms with E-state index in [1.165, 1.54) is 4.31 Å². The molecule has 1 aromatic heterocycles. The van der Waals surface area contributed by atoms with E-state index in [2.05, 4.69) is 4.37 Å². The summed E-state index contributed by atoms with van der Waals surface area (Å²) in [5.74, 6) is -0.00181. The molecule has 8 nitrogen and oxygen atoms in total. The van der Waals surface area contributed by atoms with Gasteiger partial charge < -0.3 is 10.6 Å². The predicted molar refractivity (Wildman–Crippen MR) is 78.3 cm³/mol. The lowest BCUT2D eigenvalue weighted by molar-refractivity contribution is 0.388. The van der Waals surface area contributed by atoms with Crippen molar-refractivity contribution < 1.29 is 16.8 Å². The maximum absolute atomic E-state index is 11.8. The molecule has 20 heavy (non-hydrogen) atoms. The lowest BCUT2D eigenvalue weighted by Crippen LogP contribution is -2.48. The molecule has 0 saturated carbocycles. The van der Waals surface area contributed by atoms with Crippen molar-refractivity contribution in [3.63, 3.8) is 0 Å². The average Bonchev–Trinajstić information content (AvgIpc) is 2.70. The molecule has 2 heterocycles. The Morgan fingerprint density at radius 1 is 1.10 bits per heavy atom. The standard InChI is InChI=1S/C9H16N4O4S3/c1-19(14,15)7-8(10)11-18-9(7)12-3-5-13(6-4-12)20(2,16)17/h3-6H2,1-2H3,(H2,10,11). The van der Waals surface area contributed by atoms with E-state index in [1.54, 1.807) is 0 Å². The first kappa shape index (κ1) is 15.5. The van der Waals surface area contributed by atoms with Gasteiger partial charge in [-0.25, -0.2) is 16.8 Å². The third kappa shape index (κ3) is 3.05. The second kappa shape index (κ2) is 5.13. The summed E-state index contributed by atoms with van der Waals surface area (Å²) in [6.07, 6.45) is 2.25. The van der Waals surface area contributed by atoms with Gasteiger partial charge in [0, 0.05) is 32.4 Å². The van der Waals surface area contributed by atoms with Crippen molar-refractivity contribution in [2.75, 3.05) is 49.3 Å². The zero-order valence-electron chi connectivity index (χ0n) is 11.1. The predicted octanol–water partition coefficient (Wildman–Crippen LogP) is -0.790. The van der Waals surface area contributed by atoms with Crippen molar-refractivity contribution in [2.24, 2.45) is 0 Å². The van der Waals surface area contributed by atoms with E-state index in [0.717, 1.165) is 24.0 Å². The summed E-state index contributed by atoms with van der Waals surface area (Å²) in [5.41, 5.74) is 5.62. The normalized spacial score (nSPS) is 18.4. The Bertz CT molecular complexity index is 702. The SMILES string of the molecule is CS(=O)(=O)c1c(N)nsc1N1CCN(S(C)(=O)=O)CC1. The van der Waals surface area contributed by atoms with Gasteiger partial charge in [-0.2, -0.15) is 8.68 Å². The van der Waals surface area contributed by atoms with Crippen LogP contribution in [-0.4, -0.2) is 64.2 Å². The molecule has 2 N–H and O–H groups in total. The van der Waals surface area contributed by atoms with Crippen molar-refractivity contribution in [1.29, 1.82) is 0 Å². The number of hydrogen-bond donors (Lipinski definition) is 1. The molecule has 0 radical (unpaired) electrons. The van der Waals surface area contributed by atoms with Crippen LogP contribution in [0.2, 0.25) is 0 Å². The van der Waals surface area contributed by atoms with Crippen LogP contribution >= 0.6 is 11.5 Å². The number of nitrogen functional groups attached to an aromatic ring is 1. The van der Waals surface area contributed by atoms with E-state index >= 15 is 0 Å². The van der Waals surface area contributed by atoms with E-state index in [4.69, 9.17) is 5.73 Å². The molecule has 1 aliphatic rings. The Morgan fingerprint density at radius 2 is 1.65 bits per heavy atom. The molecule has 114 valence electrons. The van der Waals surface area contributed by atoms with Crippen LogP contribution in [0, 0.1) is 0 Å². The minimum atomic E-state index is -3.46. The first-order valence-corrected chi connectivity index (χ1v) is 10.3. The topological polar surface area (TPSA) is 114 Å². The molecule has 0 aromatic carbocycles. The van der Waals surface area contributed by atoms with Crippen molar-refractivity contribution in [1.82, 2.24) is 8.68 Å². The minimum absolute atomic E-state index is 0.00181. The first-order chi connectivity index (χ1) is 9.10. The number of rotatable bonds is 3. The van der Waals surface area contributed by atoms with Gasteiger partial charge in [-0.3, -0.25) is 0 Å². The van der Waals surface area contributed by atoms with E-state index in [1.807, 2.05) is 4.90 Å². The third-order valence-electron chi connectivity index (χ3n) is 3.02. The Kier molecular flexibility index (Phi) is 3.97.